The molecule has 3 rings (SSSR count). The van der Waals surface area contributed by atoms with E-state index in [1.807, 2.05) is 32.9 Å². The van der Waals surface area contributed by atoms with Gasteiger partial charge in [-0.1, -0.05) is 28.8 Å². The molecule has 2 amide bonds. The van der Waals surface area contributed by atoms with Crippen molar-refractivity contribution >= 4 is 29.2 Å². The normalized spacial score (nSPS) is 10.6. The van der Waals surface area contributed by atoms with Crippen LogP contribution < -0.4 is 15.0 Å². The van der Waals surface area contributed by atoms with Gasteiger partial charge in [0.1, 0.15) is 6.61 Å². The molecule has 0 spiro atoms. The number of pyridine rings is 1. The highest BCUT2D eigenvalue weighted by Gasteiger charge is 2.16. The number of rotatable bonds is 7. The fraction of sp³-hybridized carbons (Fsp3) is 0.292. The average molecular weight is 468 g/mol. The van der Waals surface area contributed by atoms with Gasteiger partial charge in [-0.2, -0.15) is 0 Å². The van der Waals surface area contributed by atoms with Gasteiger partial charge in [0, 0.05) is 25.7 Å². The topological polar surface area (TPSA) is 97.3 Å². The Bertz CT molecular complexity index is 1180. The van der Waals surface area contributed by atoms with Crippen molar-refractivity contribution in [2.45, 2.75) is 27.7 Å². The van der Waals surface area contributed by atoms with Crippen molar-refractivity contribution in [3.63, 3.8) is 0 Å². The smallest absolute Gasteiger partial charge is 0.289 e. The van der Waals surface area contributed by atoms with Gasteiger partial charge in [-0.05, 0) is 44.5 Å². The molecule has 2 aromatic heterocycles. The van der Waals surface area contributed by atoms with Crippen molar-refractivity contribution in [1.29, 1.82) is 0 Å². The van der Waals surface area contributed by atoms with Gasteiger partial charge in [-0.25, -0.2) is 15.0 Å². The number of carbonyl (C=O) groups excluding carboxylic acids is 2. The van der Waals surface area contributed by atoms with Crippen LogP contribution in [-0.2, 0) is 4.79 Å². The first-order valence-electron chi connectivity index (χ1n) is 10.4. The summed E-state index contributed by atoms with van der Waals surface area (Å²) in [6, 6.07) is 7.77. The number of aryl methyl sites for hydroxylation is 3. The lowest BCUT2D eigenvalue weighted by molar-refractivity contribution is -0.116. The van der Waals surface area contributed by atoms with Crippen LogP contribution in [0.2, 0.25) is 5.02 Å². The number of ether oxygens (including phenoxy) is 1. The molecule has 1 aromatic carbocycles. The molecular formula is C24H26ClN5O3. The number of hydrogen-bond acceptors (Lipinski definition) is 6. The second-order valence-electron chi connectivity index (χ2n) is 7.78. The standard InChI is InChI=1S/C24H26ClN5O3/c1-14-8-15(2)10-18(9-14)21-19(25)13-27-22(29-21)24(32)26-6-7-33-20-11-16(3)12-28-23(20)30(5)17(4)31/h8-13H,6-7H2,1-5H3,(H,26,32). The highest BCUT2D eigenvalue weighted by atomic mass is 35.5. The van der Waals surface area contributed by atoms with Gasteiger partial charge in [0.25, 0.3) is 5.91 Å². The molecule has 2 heterocycles. The summed E-state index contributed by atoms with van der Waals surface area (Å²) in [5.74, 6) is 0.288. The summed E-state index contributed by atoms with van der Waals surface area (Å²) in [5, 5.41) is 3.11. The van der Waals surface area contributed by atoms with Gasteiger partial charge < -0.3 is 10.1 Å². The molecule has 1 N–H and O–H groups in total. The number of carbonyl (C=O) groups is 2. The molecule has 0 radical (unpaired) electrons. The Balaban J connectivity index is 1.67. The molecule has 0 atom stereocenters. The van der Waals surface area contributed by atoms with Crippen LogP contribution in [0, 0.1) is 20.8 Å². The maximum atomic E-state index is 12.6. The van der Waals surface area contributed by atoms with Crippen LogP contribution in [-0.4, -0.2) is 47.0 Å². The lowest BCUT2D eigenvalue weighted by atomic mass is 10.0. The van der Waals surface area contributed by atoms with E-state index in [-0.39, 0.29) is 24.9 Å². The fourth-order valence-corrected chi connectivity index (χ4v) is 3.44. The Morgan fingerprint density at radius 1 is 1.03 bits per heavy atom. The molecule has 0 saturated heterocycles. The first-order chi connectivity index (χ1) is 15.7. The highest BCUT2D eigenvalue weighted by Crippen LogP contribution is 2.27. The first-order valence-corrected chi connectivity index (χ1v) is 10.8. The number of benzene rings is 1. The van der Waals surface area contributed by atoms with Crippen LogP contribution in [0.25, 0.3) is 11.3 Å². The maximum Gasteiger partial charge on any atom is 0.289 e. The van der Waals surface area contributed by atoms with E-state index in [1.165, 1.54) is 18.0 Å². The fourth-order valence-electron chi connectivity index (χ4n) is 3.24. The summed E-state index contributed by atoms with van der Waals surface area (Å²) in [7, 11) is 1.62. The van der Waals surface area contributed by atoms with Gasteiger partial charge in [0.2, 0.25) is 11.7 Å². The molecule has 0 aliphatic carbocycles. The van der Waals surface area contributed by atoms with Crippen molar-refractivity contribution in [2.75, 3.05) is 25.1 Å². The van der Waals surface area contributed by atoms with Gasteiger partial charge >= 0.3 is 0 Å². The summed E-state index contributed by atoms with van der Waals surface area (Å²) in [4.78, 5) is 38.4. The third-order valence-electron chi connectivity index (χ3n) is 4.85. The van der Waals surface area contributed by atoms with Gasteiger partial charge in [-0.15, -0.1) is 0 Å². The van der Waals surface area contributed by atoms with E-state index in [4.69, 9.17) is 16.3 Å². The molecule has 0 saturated carbocycles. The SMILES string of the molecule is CC(=O)N(C)c1ncc(C)cc1OCCNC(=O)c1ncc(Cl)c(-c2cc(C)cc(C)c2)n1. The quantitative estimate of drug-likeness (QED) is 0.529. The van der Waals surface area contributed by atoms with E-state index in [0.29, 0.717) is 22.3 Å². The number of aromatic nitrogens is 3. The zero-order valence-corrected chi connectivity index (χ0v) is 20.0. The number of hydrogen-bond donors (Lipinski definition) is 1. The summed E-state index contributed by atoms with van der Waals surface area (Å²) >= 11 is 6.30. The van der Waals surface area contributed by atoms with Crippen molar-refractivity contribution in [3.05, 3.63) is 64.2 Å². The Hall–Kier alpha value is -3.52. The van der Waals surface area contributed by atoms with Crippen molar-refractivity contribution in [3.8, 4) is 17.0 Å². The maximum absolute atomic E-state index is 12.6. The Morgan fingerprint density at radius 2 is 1.73 bits per heavy atom. The third kappa shape index (κ3) is 6.04. The van der Waals surface area contributed by atoms with Crippen molar-refractivity contribution in [2.24, 2.45) is 0 Å². The minimum atomic E-state index is -0.440. The molecule has 0 aliphatic heterocycles. The highest BCUT2D eigenvalue weighted by molar-refractivity contribution is 6.33. The number of anilines is 1. The summed E-state index contributed by atoms with van der Waals surface area (Å²) in [6.45, 7) is 7.69. The number of nitrogens with zero attached hydrogens (tertiary/aromatic N) is 4. The molecule has 3 aromatic rings. The third-order valence-corrected chi connectivity index (χ3v) is 5.12. The van der Waals surface area contributed by atoms with Crippen LogP contribution in [0.3, 0.4) is 0 Å². The van der Waals surface area contributed by atoms with Crippen molar-refractivity contribution < 1.29 is 14.3 Å². The number of nitrogens with one attached hydrogen (secondary N) is 1. The van der Waals surface area contributed by atoms with Gasteiger partial charge in [-0.3, -0.25) is 14.5 Å². The van der Waals surface area contributed by atoms with E-state index in [1.54, 1.807) is 19.3 Å². The van der Waals surface area contributed by atoms with Crippen LogP contribution in [0.4, 0.5) is 5.82 Å². The molecule has 0 aliphatic rings. The largest absolute Gasteiger partial charge is 0.488 e. The zero-order valence-electron chi connectivity index (χ0n) is 19.3. The van der Waals surface area contributed by atoms with E-state index in [9.17, 15) is 9.59 Å². The Labute approximate surface area is 198 Å². The number of halogens is 1. The lowest BCUT2D eigenvalue weighted by Crippen LogP contribution is -2.30. The number of amides is 2. The molecule has 172 valence electrons. The minimum Gasteiger partial charge on any atom is -0.488 e. The molecule has 33 heavy (non-hydrogen) atoms. The molecule has 9 heteroatoms. The predicted molar refractivity (Wildman–Crippen MR) is 128 cm³/mol. The molecule has 8 nitrogen and oxygen atoms in total. The first kappa shape index (κ1) is 24.1. The monoisotopic (exact) mass is 467 g/mol. The van der Waals surface area contributed by atoms with Crippen LogP contribution in [0.5, 0.6) is 5.75 Å². The predicted octanol–water partition coefficient (Wildman–Crippen LogP) is 3.91. The summed E-state index contributed by atoms with van der Waals surface area (Å²) in [6.07, 6.45) is 3.09. The second-order valence-corrected chi connectivity index (χ2v) is 8.19. The molecule has 0 fully saturated rings. The molecular weight excluding hydrogens is 442 g/mol. The lowest BCUT2D eigenvalue weighted by Gasteiger charge is -2.18. The van der Waals surface area contributed by atoms with E-state index in [0.717, 1.165) is 22.3 Å². The Morgan fingerprint density at radius 3 is 2.39 bits per heavy atom. The molecule has 0 unspecified atom stereocenters. The minimum absolute atomic E-state index is 0.0165. The van der Waals surface area contributed by atoms with E-state index < -0.39 is 5.91 Å². The summed E-state index contributed by atoms with van der Waals surface area (Å²) < 4.78 is 5.78. The molecule has 0 bridgehead atoms. The van der Waals surface area contributed by atoms with E-state index in [2.05, 4.69) is 26.3 Å². The van der Waals surface area contributed by atoms with Crippen LogP contribution in [0.15, 0.2) is 36.7 Å². The van der Waals surface area contributed by atoms with Gasteiger partial charge in [0.15, 0.2) is 11.6 Å². The van der Waals surface area contributed by atoms with Gasteiger partial charge in [0.05, 0.1) is 23.5 Å². The van der Waals surface area contributed by atoms with Crippen LogP contribution in [0.1, 0.15) is 34.2 Å². The second kappa shape index (κ2) is 10.4. The van der Waals surface area contributed by atoms with Crippen molar-refractivity contribution in [1.82, 2.24) is 20.3 Å². The zero-order chi connectivity index (χ0) is 24.1. The summed E-state index contributed by atoms with van der Waals surface area (Å²) in [5.41, 5.74) is 4.36. The Kier molecular flexibility index (Phi) is 7.60. The van der Waals surface area contributed by atoms with E-state index >= 15 is 0 Å². The average Bonchev–Trinajstić information content (AvgIpc) is 2.75. The van der Waals surface area contributed by atoms with Crippen LogP contribution >= 0.6 is 11.6 Å².